The van der Waals surface area contributed by atoms with Crippen LogP contribution in [0.1, 0.15) is 63.4 Å². The second-order valence-corrected chi connectivity index (χ2v) is 11.2. The topological polar surface area (TPSA) is 126 Å². The minimum absolute atomic E-state index is 0.0280. The maximum atomic E-state index is 13.9. The van der Waals surface area contributed by atoms with Gasteiger partial charge in [0.2, 0.25) is 11.8 Å². The van der Waals surface area contributed by atoms with E-state index in [2.05, 4.69) is 15.7 Å². The van der Waals surface area contributed by atoms with Gasteiger partial charge in [-0.15, -0.1) is 0 Å². The molecule has 37 heavy (non-hydrogen) atoms. The summed E-state index contributed by atoms with van der Waals surface area (Å²) in [4.78, 5) is 26.8. The van der Waals surface area contributed by atoms with Crippen LogP contribution in [0.2, 0.25) is 0 Å². The normalized spacial score (nSPS) is 21.4. The van der Waals surface area contributed by atoms with Gasteiger partial charge in [0.25, 0.3) is 11.3 Å². The highest BCUT2D eigenvalue weighted by Gasteiger charge is 2.47. The lowest BCUT2D eigenvalue weighted by molar-refractivity contribution is -0.124. The van der Waals surface area contributed by atoms with Gasteiger partial charge in [0, 0.05) is 37.7 Å². The van der Waals surface area contributed by atoms with Crippen molar-refractivity contribution in [1.29, 1.82) is 0 Å². The number of carbonyl (C=O) groups excluding carboxylic acids is 2. The highest BCUT2D eigenvalue weighted by atomic mass is 32.2. The lowest BCUT2D eigenvalue weighted by Crippen LogP contribution is -2.50. The van der Waals surface area contributed by atoms with Crippen LogP contribution in [-0.2, 0) is 38.1 Å². The van der Waals surface area contributed by atoms with Crippen LogP contribution in [0, 0.1) is 5.92 Å². The van der Waals surface area contributed by atoms with E-state index in [0.29, 0.717) is 43.2 Å². The fraction of sp³-hybridized carbons (Fsp3) is 0.577. The van der Waals surface area contributed by atoms with E-state index >= 15 is 0 Å². The molecule has 1 aromatic heterocycles. The molecule has 2 fully saturated rings. The lowest BCUT2D eigenvalue weighted by atomic mass is 9.75. The summed E-state index contributed by atoms with van der Waals surface area (Å²) < 4.78 is 31.3. The Hall–Kier alpha value is -2.76. The monoisotopic (exact) mass is 529 g/mol. The van der Waals surface area contributed by atoms with Crippen molar-refractivity contribution >= 4 is 40.3 Å². The van der Waals surface area contributed by atoms with E-state index in [4.69, 9.17) is 4.74 Å². The highest BCUT2D eigenvalue weighted by molar-refractivity contribution is 7.80. The fourth-order valence-electron chi connectivity index (χ4n) is 6.16. The number of anilines is 3. The first-order valence-electron chi connectivity index (χ1n) is 13.1. The van der Waals surface area contributed by atoms with Crippen molar-refractivity contribution in [2.45, 2.75) is 69.2 Å². The fourth-order valence-corrected chi connectivity index (χ4v) is 6.96. The molecule has 2 unspecified atom stereocenters. The summed E-state index contributed by atoms with van der Waals surface area (Å²) in [5, 5.41) is 10.2. The zero-order valence-corrected chi connectivity index (χ0v) is 22.0. The molecule has 11 heteroatoms. The summed E-state index contributed by atoms with van der Waals surface area (Å²) in [6, 6.07) is 6.30. The quantitative estimate of drug-likeness (QED) is 0.490. The Kier molecular flexibility index (Phi) is 7.64. The van der Waals surface area contributed by atoms with Crippen molar-refractivity contribution in [2.75, 3.05) is 28.2 Å². The SMILES string of the molecule is Cn1nccc1N(C(C(=O)Nc1ccc2c(c1)NC(=O)C21CCOCC1)C1CCCCCCC1)S(=O)O. The smallest absolute Gasteiger partial charge is 0.263 e. The molecule has 0 radical (unpaired) electrons. The predicted octanol–water partition coefficient (Wildman–Crippen LogP) is 3.73. The van der Waals surface area contributed by atoms with Crippen LogP contribution in [-0.4, -0.2) is 49.6 Å². The summed E-state index contributed by atoms with van der Waals surface area (Å²) in [6.07, 6.45) is 9.72. The summed E-state index contributed by atoms with van der Waals surface area (Å²) in [7, 11) is 1.69. The van der Waals surface area contributed by atoms with Gasteiger partial charge in [-0.1, -0.05) is 38.2 Å². The van der Waals surface area contributed by atoms with Crippen molar-refractivity contribution in [3.05, 3.63) is 36.0 Å². The van der Waals surface area contributed by atoms with Crippen LogP contribution < -0.4 is 14.9 Å². The summed E-state index contributed by atoms with van der Waals surface area (Å²) in [6.45, 7) is 1.08. The van der Waals surface area contributed by atoms with Crippen molar-refractivity contribution in [2.24, 2.45) is 13.0 Å². The largest absolute Gasteiger partial charge is 0.381 e. The average Bonchev–Trinajstić information content (AvgIpc) is 3.38. The molecular formula is C26H35N5O5S. The number of hydrogen-bond acceptors (Lipinski definition) is 5. The predicted molar refractivity (Wildman–Crippen MR) is 141 cm³/mol. The number of carbonyl (C=O) groups is 2. The Morgan fingerprint density at radius 3 is 2.57 bits per heavy atom. The molecule has 1 aliphatic carbocycles. The Morgan fingerprint density at radius 1 is 1.22 bits per heavy atom. The van der Waals surface area contributed by atoms with Gasteiger partial charge < -0.3 is 15.4 Å². The van der Waals surface area contributed by atoms with E-state index in [1.54, 1.807) is 25.4 Å². The van der Waals surface area contributed by atoms with Crippen molar-refractivity contribution in [3.8, 4) is 0 Å². The molecular weight excluding hydrogens is 494 g/mol. The minimum atomic E-state index is -2.43. The number of fused-ring (bicyclic) bond motifs is 2. The standard InChI is InChI=1S/C26H35N5O5S/c1-30-22(11-14-27-30)31(37(34)35)23(18-7-5-3-2-4-6-8-18)24(32)28-19-9-10-20-21(17-19)29-25(33)26(20)12-15-36-16-13-26/h9-11,14,17-18,23H,2-8,12-13,15-16H2,1H3,(H,28,32)(H,29,33)(H,34,35). The molecule has 1 saturated carbocycles. The van der Waals surface area contributed by atoms with Crippen LogP contribution in [0.25, 0.3) is 0 Å². The Morgan fingerprint density at radius 2 is 1.92 bits per heavy atom. The number of rotatable bonds is 6. The highest BCUT2D eigenvalue weighted by Crippen LogP contribution is 2.45. The minimum Gasteiger partial charge on any atom is -0.381 e. The molecule has 2 aliphatic heterocycles. The zero-order chi connectivity index (χ0) is 26.0. The Bertz CT molecular complexity index is 1170. The lowest BCUT2D eigenvalue weighted by Gasteiger charge is -2.35. The van der Waals surface area contributed by atoms with Crippen molar-refractivity contribution in [1.82, 2.24) is 9.78 Å². The van der Waals surface area contributed by atoms with Crippen molar-refractivity contribution in [3.63, 3.8) is 0 Å². The number of amides is 2. The second-order valence-electron chi connectivity index (χ2n) is 10.3. The third kappa shape index (κ3) is 5.04. The van der Waals surface area contributed by atoms with E-state index in [0.717, 1.165) is 44.1 Å². The summed E-state index contributed by atoms with van der Waals surface area (Å²) >= 11 is -2.43. The molecule has 2 amide bonds. The van der Waals surface area contributed by atoms with Gasteiger partial charge in [0.05, 0.1) is 11.6 Å². The number of nitrogens with one attached hydrogen (secondary N) is 2. The first kappa shape index (κ1) is 25.9. The molecule has 0 bridgehead atoms. The van der Waals surface area contributed by atoms with E-state index in [1.165, 1.54) is 15.4 Å². The van der Waals surface area contributed by atoms with E-state index in [1.807, 2.05) is 12.1 Å². The number of ether oxygens (including phenoxy) is 1. The van der Waals surface area contributed by atoms with Gasteiger partial charge >= 0.3 is 0 Å². The number of hydrogen-bond donors (Lipinski definition) is 3. The zero-order valence-electron chi connectivity index (χ0n) is 21.1. The van der Waals surface area contributed by atoms with Crippen LogP contribution >= 0.6 is 0 Å². The molecule has 2 atom stereocenters. The van der Waals surface area contributed by atoms with Gasteiger partial charge in [-0.2, -0.15) is 5.10 Å². The van der Waals surface area contributed by atoms with Crippen LogP contribution in [0.3, 0.4) is 0 Å². The van der Waals surface area contributed by atoms with Crippen LogP contribution in [0.4, 0.5) is 17.2 Å². The van der Waals surface area contributed by atoms with E-state index in [9.17, 15) is 18.4 Å². The maximum absolute atomic E-state index is 13.9. The molecule has 10 nitrogen and oxygen atoms in total. The van der Waals surface area contributed by atoms with Gasteiger partial charge in [-0.25, -0.2) is 8.51 Å². The number of aryl methyl sites for hydroxylation is 1. The van der Waals surface area contributed by atoms with Crippen molar-refractivity contribution < 1.29 is 23.1 Å². The molecule has 3 heterocycles. The van der Waals surface area contributed by atoms with Gasteiger partial charge in [-0.3, -0.25) is 18.8 Å². The number of aromatic nitrogens is 2. The molecule has 1 spiro atoms. The average molecular weight is 530 g/mol. The van der Waals surface area contributed by atoms with Gasteiger partial charge in [-0.05, 0) is 49.3 Å². The molecule has 200 valence electrons. The number of benzene rings is 1. The second kappa shape index (κ2) is 10.9. The van der Waals surface area contributed by atoms with Crippen LogP contribution in [0.5, 0.6) is 0 Å². The Labute approximate surface area is 219 Å². The molecule has 5 rings (SSSR count). The molecule has 1 saturated heterocycles. The third-order valence-corrected chi connectivity index (χ3v) is 8.89. The Balaban J connectivity index is 1.45. The molecule has 3 aliphatic rings. The third-order valence-electron chi connectivity index (χ3n) is 8.14. The maximum Gasteiger partial charge on any atom is 0.263 e. The summed E-state index contributed by atoms with van der Waals surface area (Å²) in [5.74, 6) is -0.0596. The number of nitrogens with zero attached hydrogens (tertiary/aromatic N) is 3. The molecule has 2 aromatic rings. The first-order chi connectivity index (χ1) is 17.9. The summed E-state index contributed by atoms with van der Waals surface area (Å²) in [5.41, 5.74) is 1.59. The van der Waals surface area contributed by atoms with Gasteiger partial charge in [0.1, 0.15) is 11.9 Å². The van der Waals surface area contributed by atoms with Crippen LogP contribution in [0.15, 0.2) is 30.5 Å². The molecule has 3 N–H and O–H groups in total. The van der Waals surface area contributed by atoms with E-state index in [-0.39, 0.29) is 17.7 Å². The molecule has 1 aromatic carbocycles. The first-order valence-corrected chi connectivity index (χ1v) is 14.2. The van der Waals surface area contributed by atoms with Gasteiger partial charge in [0.15, 0.2) is 0 Å². The van der Waals surface area contributed by atoms with E-state index < -0.39 is 22.7 Å².